The first-order valence-corrected chi connectivity index (χ1v) is 11.7. The Bertz CT molecular complexity index is 917. The van der Waals surface area contributed by atoms with Crippen molar-refractivity contribution in [2.75, 3.05) is 20.4 Å². The molecule has 0 saturated heterocycles. The van der Waals surface area contributed by atoms with Crippen LogP contribution in [-0.4, -0.2) is 48.9 Å². The molecular formula is C26H35NO5. The summed E-state index contributed by atoms with van der Waals surface area (Å²) in [6.07, 6.45) is 4.75. The first kappa shape index (κ1) is 23.0. The van der Waals surface area contributed by atoms with Gasteiger partial charge in [0.2, 0.25) is 0 Å². The lowest BCUT2D eigenvalue weighted by atomic mass is 9.78. The molecule has 0 unspecified atom stereocenters. The fraction of sp³-hybridized carbons (Fsp3) is 0.615. The van der Waals surface area contributed by atoms with E-state index in [2.05, 4.69) is 0 Å². The summed E-state index contributed by atoms with van der Waals surface area (Å²) >= 11 is 0. The molecule has 2 saturated carbocycles. The summed E-state index contributed by atoms with van der Waals surface area (Å²) < 4.78 is 17.6. The molecule has 1 spiro atoms. The number of hydrogen-bond acceptors (Lipinski definition) is 5. The third-order valence-electron chi connectivity index (χ3n) is 7.56. The van der Waals surface area contributed by atoms with Crippen LogP contribution in [0.5, 0.6) is 0 Å². The number of rotatable bonds is 7. The largest absolute Gasteiger partial charge is 0.427 e. The Morgan fingerprint density at radius 1 is 1.12 bits per heavy atom. The summed E-state index contributed by atoms with van der Waals surface area (Å²) in [6.45, 7) is 8.56. The monoisotopic (exact) mass is 441 g/mol. The summed E-state index contributed by atoms with van der Waals surface area (Å²) in [5.74, 6) is 0.179. The van der Waals surface area contributed by atoms with Crippen molar-refractivity contribution in [3.63, 3.8) is 0 Å². The molecule has 0 radical (unpaired) electrons. The minimum atomic E-state index is -0.688. The molecule has 1 aliphatic heterocycles. The van der Waals surface area contributed by atoms with Gasteiger partial charge in [-0.15, -0.1) is 0 Å². The second-order valence-corrected chi connectivity index (χ2v) is 9.74. The van der Waals surface area contributed by atoms with Gasteiger partial charge in [-0.3, -0.25) is 9.59 Å². The van der Waals surface area contributed by atoms with E-state index in [9.17, 15) is 9.59 Å². The molecule has 0 bridgehead atoms. The van der Waals surface area contributed by atoms with Crippen LogP contribution in [0.3, 0.4) is 0 Å². The summed E-state index contributed by atoms with van der Waals surface area (Å²) in [4.78, 5) is 28.9. The third-order valence-corrected chi connectivity index (χ3v) is 7.56. The molecule has 0 atom stereocenters. The van der Waals surface area contributed by atoms with Crippen LogP contribution in [-0.2, 0) is 23.8 Å². The van der Waals surface area contributed by atoms with Crippen LogP contribution in [0.4, 0.5) is 0 Å². The molecular weight excluding hydrogens is 406 g/mol. The molecule has 174 valence electrons. The van der Waals surface area contributed by atoms with Crippen LogP contribution in [0.1, 0.15) is 69.1 Å². The molecule has 6 heteroatoms. The summed E-state index contributed by atoms with van der Waals surface area (Å²) in [6, 6.07) is 6.00. The number of esters is 1. The number of nitrogens with zero attached hydrogens (tertiary/aromatic N) is 1. The molecule has 6 nitrogen and oxygen atoms in total. The van der Waals surface area contributed by atoms with Crippen molar-refractivity contribution < 1.29 is 23.8 Å². The molecule has 1 aromatic rings. The predicted molar refractivity (Wildman–Crippen MR) is 122 cm³/mol. The standard InChI is InChI=1S/C26H35NO5/c1-6-31-16-27-23(28)21(20-17(2)8-7-9-18(20)3)22(32-24(29)25(4)14-15-25)26(27)12-10-19(30-5)11-13-26/h7-9,19H,6,10-16H2,1-5H3. The minimum absolute atomic E-state index is 0.115. The molecule has 1 aromatic carbocycles. The topological polar surface area (TPSA) is 65.1 Å². The lowest BCUT2D eigenvalue weighted by Gasteiger charge is -2.44. The summed E-state index contributed by atoms with van der Waals surface area (Å²) in [5, 5.41) is 0. The maximum Gasteiger partial charge on any atom is 0.316 e. The Labute approximate surface area is 190 Å². The number of carbonyl (C=O) groups is 2. The Kier molecular flexibility index (Phi) is 6.21. The Hall–Kier alpha value is -2.18. The Balaban J connectivity index is 1.87. The Morgan fingerprint density at radius 3 is 2.28 bits per heavy atom. The molecule has 3 aliphatic rings. The van der Waals surface area contributed by atoms with Crippen LogP contribution < -0.4 is 0 Å². The first-order chi connectivity index (χ1) is 15.3. The van der Waals surface area contributed by atoms with E-state index in [1.165, 1.54) is 0 Å². The number of methoxy groups -OCH3 is 1. The van der Waals surface area contributed by atoms with E-state index in [0.29, 0.717) is 30.8 Å². The van der Waals surface area contributed by atoms with Crippen molar-refractivity contribution in [3.05, 3.63) is 40.6 Å². The Morgan fingerprint density at radius 2 is 1.75 bits per heavy atom. The van der Waals surface area contributed by atoms with Crippen molar-refractivity contribution in [3.8, 4) is 0 Å². The van der Waals surface area contributed by atoms with Crippen molar-refractivity contribution in [1.82, 2.24) is 4.90 Å². The van der Waals surface area contributed by atoms with Crippen molar-refractivity contribution in [2.45, 2.75) is 77.9 Å². The summed E-state index contributed by atoms with van der Waals surface area (Å²) in [5.41, 5.74) is 2.26. The average Bonchev–Trinajstić information content (AvgIpc) is 3.50. The minimum Gasteiger partial charge on any atom is -0.427 e. The van der Waals surface area contributed by atoms with Gasteiger partial charge in [0.05, 0.1) is 17.1 Å². The lowest BCUT2D eigenvalue weighted by Crippen LogP contribution is -2.52. The highest BCUT2D eigenvalue weighted by atomic mass is 16.5. The van der Waals surface area contributed by atoms with Gasteiger partial charge in [-0.2, -0.15) is 0 Å². The van der Waals surface area contributed by atoms with Gasteiger partial charge in [-0.25, -0.2) is 0 Å². The molecule has 2 fully saturated rings. The van der Waals surface area contributed by atoms with E-state index in [1.54, 1.807) is 12.0 Å². The highest BCUT2D eigenvalue weighted by Crippen LogP contribution is 2.53. The highest BCUT2D eigenvalue weighted by molar-refractivity contribution is 6.24. The molecule has 1 amide bonds. The smallest absolute Gasteiger partial charge is 0.316 e. The van der Waals surface area contributed by atoms with E-state index >= 15 is 0 Å². The normalized spacial score (nSPS) is 26.7. The average molecular weight is 442 g/mol. The zero-order chi connectivity index (χ0) is 23.1. The number of benzene rings is 1. The highest BCUT2D eigenvalue weighted by Gasteiger charge is 2.57. The van der Waals surface area contributed by atoms with Gasteiger partial charge in [0.1, 0.15) is 18.0 Å². The molecule has 1 heterocycles. The van der Waals surface area contributed by atoms with Crippen LogP contribution in [0.2, 0.25) is 0 Å². The molecule has 0 N–H and O–H groups in total. The van der Waals surface area contributed by atoms with Gasteiger partial charge >= 0.3 is 5.97 Å². The number of ether oxygens (including phenoxy) is 3. The van der Waals surface area contributed by atoms with Gasteiger partial charge in [0.25, 0.3) is 5.91 Å². The number of hydrogen-bond donors (Lipinski definition) is 0. The van der Waals surface area contributed by atoms with Gasteiger partial charge in [-0.1, -0.05) is 18.2 Å². The maximum atomic E-state index is 14.0. The van der Waals surface area contributed by atoms with E-state index in [4.69, 9.17) is 14.2 Å². The fourth-order valence-corrected chi connectivity index (χ4v) is 5.13. The summed E-state index contributed by atoms with van der Waals surface area (Å²) in [7, 11) is 1.73. The quantitative estimate of drug-likeness (QED) is 0.582. The van der Waals surface area contributed by atoms with E-state index in [0.717, 1.165) is 42.4 Å². The van der Waals surface area contributed by atoms with Crippen LogP contribution in [0.25, 0.3) is 5.57 Å². The molecule has 32 heavy (non-hydrogen) atoms. The second kappa shape index (κ2) is 8.64. The van der Waals surface area contributed by atoms with Crippen LogP contribution >= 0.6 is 0 Å². The predicted octanol–water partition coefficient (Wildman–Crippen LogP) is 4.52. The van der Waals surface area contributed by atoms with Crippen molar-refractivity contribution >= 4 is 17.4 Å². The first-order valence-electron chi connectivity index (χ1n) is 11.7. The number of carbonyl (C=O) groups excluding carboxylic acids is 2. The van der Waals surface area contributed by atoms with E-state index in [1.807, 2.05) is 45.9 Å². The van der Waals surface area contributed by atoms with Crippen LogP contribution in [0, 0.1) is 19.3 Å². The van der Waals surface area contributed by atoms with Gasteiger partial charge in [-0.05, 0) is 82.9 Å². The van der Waals surface area contributed by atoms with E-state index < -0.39 is 11.0 Å². The molecule has 2 aliphatic carbocycles. The van der Waals surface area contributed by atoms with Crippen molar-refractivity contribution in [2.24, 2.45) is 5.41 Å². The molecule has 0 aromatic heterocycles. The molecule has 4 rings (SSSR count). The fourth-order valence-electron chi connectivity index (χ4n) is 5.13. The van der Waals surface area contributed by atoms with Gasteiger partial charge < -0.3 is 19.1 Å². The zero-order valence-electron chi connectivity index (χ0n) is 20.0. The van der Waals surface area contributed by atoms with Crippen molar-refractivity contribution in [1.29, 1.82) is 0 Å². The van der Waals surface area contributed by atoms with Gasteiger partial charge in [0, 0.05) is 13.7 Å². The third kappa shape index (κ3) is 3.77. The second-order valence-electron chi connectivity index (χ2n) is 9.74. The zero-order valence-corrected chi connectivity index (χ0v) is 20.0. The number of amides is 1. The van der Waals surface area contributed by atoms with E-state index in [-0.39, 0.29) is 24.7 Å². The van der Waals surface area contributed by atoms with Crippen LogP contribution in [0.15, 0.2) is 24.0 Å². The maximum absolute atomic E-state index is 14.0. The van der Waals surface area contributed by atoms with Gasteiger partial charge in [0.15, 0.2) is 0 Å². The number of aryl methyl sites for hydroxylation is 2. The SMILES string of the molecule is CCOCN1C(=O)C(c2c(C)cccc2C)=C(OC(=O)C2(C)CC2)C12CCC(OC)CC2. The lowest BCUT2D eigenvalue weighted by molar-refractivity contribution is -0.151.